The summed E-state index contributed by atoms with van der Waals surface area (Å²) in [6, 6.07) is 7.61. The molecule has 16 heavy (non-hydrogen) atoms. The van der Waals surface area contributed by atoms with Crippen molar-refractivity contribution in [3.8, 4) is 23.7 Å². The van der Waals surface area contributed by atoms with Gasteiger partial charge in [0.05, 0.1) is 11.4 Å². The fraction of sp³-hybridized carbons (Fsp3) is 0.167. The molecule has 0 fully saturated rings. The van der Waals surface area contributed by atoms with Crippen LogP contribution in [0.25, 0.3) is 11.4 Å². The molecule has 0 radical (unpaired) electrons. The van der Waals surface area contributed by atoms with Gasteiger partial charge >= 0.3 is 0 Å². The smallest absolute Gasteiger partial charge is 0.111 e. The van der Waals surface area contributed by atoms with Crippen LogP contribution in [0.4, 0.5) is 0 Å². The van der Waals surface area contributed by atoms with Crippen LogP contribution in [0.3, 0.4) is 0 Å². The molecule has 4 heteroatoms. The van der Waals surface area contributed by atoms with Crippen molar-refractivity contribution in [3.05, 3.63) is 36.2 Å². The van der Waals surface area contributed by atoms with Gasteiger partial charge in [0.2, 0.25) is 0 Å². The second kappa shape index (κ2) is 4.60. The quantitative estimate of drug-likeness (QED) is 0.773. The van der Waals surface area contributed by atoms with E-state index in [1.807, 2.05) is 24.3 Å². The average molecular weight is 212 g/mol. The van der Waals surface area contributed by atoms with Gasteiger partial charge in [-0.25, -0.2) is 0 Å². The molecule has 2 N–H and O–H groups in total. The highest BCUT2D eigenvalue weighted by atomic mass is 15.3. The first-order chi connectivity index (χ1) is 7.85. The van der Waals surface area contributed by atoms with Crippen LogP contribution in [0, 0.1) is 12.3 Å². The molecule has 2 aromatic heterocycles. The highest BCUT2D eigenvalue weighted by Crippen LogP contribution is 2.15. The summed E-state index contributed by atoms with van der Waals surface area (Å²) in [5.41, 5.74) is 8.17. The molecule has 4 nitrogen and oxygen atoms in total. The largest absolute Gasteiger partial charge is 0.325 e. The van der Waals surface area contributed by atoms with Crippen molar-refractivity contribution >= 4 is 0 Å². The summed E-state index contributed by atoms with van der Waals surface area (Å²) in [4.78, 5) is 4.23. The Labute approximate surface area is 94.1 Å². The maximum absolute atomic E-state index is 5.62. The molecule has 2 rings (SSSR count). The van der Waals surface area contributed by atoms with Crippen molar-refractivity contribution in [2.45, 2.75) is 13.1 Å². The molecule has 0 spiro atoms. The summed E-state index contributed by atoms with van der Waals surface area (Å²) >= 11 is 0. The Morgan fingerprint density at radius 3 is 2.88 bits per heavy atom. The molecule has 0 aliphatic rings. The van der Waals surface area contributed by atoms with E-state index in [0.717, 1.165) is 17.1 Å². The summed E-state index contributed by atoms with van der Waals surface area (Å²) in [7, 11) is 0. The van der Waals surface area contributed by atoms with E-state index in [1.165, 1.54) is 0 Å². The molecule has 0 aliphatic carbocycles. The second-order valence-electron chi connectivity index (χ2n) is 3.30. The Bertz CT molecular complexity index is 508. The molecule has 80 valence electrons. The Morgan fingerprint density at radius 1 is 1.38 bits per heavy atom. The topological polar surface area (TPSA) is 56.7 Å². The lowest BCUT2D eigenvalue weighted by Crippen LogP contribution is -2.07. The summed E-state index contributed by atoms with van der Waals surface area (Å²) in [6.07, 6.45) is 7.00. The average Bonchev–Trinajstić information content (AvgIpc) is 2.74. The van der Waals surface area contributed by atoms with Crippen molar-refractivity contribution in [3.63, 3.8) is 0 Å². The number of hydrogen-bond donors (Lipinski definition) is 1. The molecule has 2 aromatic rings. The maximum atomic E-state index is 5.62. The van der Waals surface area contributed by atoms with Crippen LogP contribution >= 0.6 is 0 Å². The third kappa shape index (κ3) is 1.95. The molecular weight excluding hydrogens is 200 g/mol. The van der Waals surface area contributed by atoms with Gasteiger partial charge in [-0.3, -0.25) is 9.67 Å². The third-order valence-electron chi connectivity index (χ3n) is 2.24. The lowest BCUT2D eigenvalue weighted by atomic mass is 10.2. The van der Waals surface area contributed by atoms with Gasteiger partial charge in [0.25, 0.3) is 0 Å². The highest BCUT2D eigenvalue weighted by Gasteiger charge is 2.07. The van der Waals surface area contributed by atoms with Gasteiger partial charge in [-0.05, 0) is 18.2 Å². The minimum Gasteiger partial charge on any atom is -0.325 e. The Balaban J connectivity index is 2.41. The Kier molecular flexibility index (Phi) is 2.99. The van der Waals surface area contributed by atoms with Crippen molar-refractivity contribution in [1.82, 2.24) is 14.8 Å². The minimum atomic E-state index is 0.418. The molecule has 0 bridgehead atoms. The van der Waals surface area contributed by atoms with E-state index in [0.29, 0.717) is 13.1 Å². The van der Waals surface area contributed by atoms with Crippen LogP contribution in [0.1, 0.15) is 5.69 Å². The van der Waals surface area contributed by atoms with Gasteiger partial charge in [0.15, 0.2) is 0 Å². The second-order valence-corrected chi connectivity index (χ2v) is 3.30. The number of aromatic nitrogens is 3. The molecule has 0 saturated carbocycles. The zero-order valence-electron chi connectivity index (χ0n) is 8.80. The summed E-state index contributed by atoms with van der Waals surface area (Å²) < 4.78 is 1.73. The predicted octanol–water partition coefficient (Wildman–Crippen LogP) is 1.04. The van der Waals surface area contributed by atoms with Gasteiger partial charge in [0.1, 0.15) is 12.2 Å². The van der Waals surface area contributed by atoms with Gasteiger partial charge in [-0.2, -0.15) is 5.10 Å². The molecule has 0 saturated heterocycles. The van der Waals surface area contributed by atoms with E-state index < -0.39 is 0 Å². The first kappa shape index (κ1) is 10.4. The van der Waals surface area contributed by atoms with E-state index in [-0.39, 0.29) is 0 Å². The van der Waals surface area contributed by atoms with Crippen molar-refractivity contribution in [2.24, 2.45) is 5.73 Å². The fourth-order valence-electron chi connectivity index (χ4n) is 1.48. The van der Waals surface area contributed by atoms with E-state index in [2.05, 4.69) is 16.0 Å². The molecule has 0 aromatic carbocycles. The van der Waals surface area contributed by atoms with E-state index in [1.54, 1.807) is 10.9 Å². The number of nitrogens with two attached hydrogens (primary N) is 1. The molecule has 2 heterocycles. The zero-order valence-corrected chi connectivity index (χ0v) is 8.80. The SMILES string of the molecule is C#CCn1nc(-c2ccccn2)cc1CN. The molecule has 0 amide bonds. The van der Waals surface area contributed by atoms with Gasteiger partial charge in [0, 0.05) is 12.7 Å². The standard InChI is InChI=1S/C12H12N4/c1-2-7-16-10(9-13)8-12(15-16)11-5-3-4-6-14-11/h1,3-6,8H,7,9,13H2. The van der Waals surface area contributed by atoms with E-state index in [9.17, 15) is 0 Å². The molecule has 0 aliphatic heterocycles. The lowest BCUT2D eigenvalue weighted by molar-refractivity contribution is 0.671. The van der Waals surface area contributed by atoms with Crippen LogP contribution < -0.4 is 5.73 Å². The van der Waals surface area contributed by atoms with E-state index in [4.69, 9.17) is 12.2 Å². The van der Waals surface area contributed by atoms with Crippen LogP contribution in [-0.4, -0.2) is 14.8 Å². The molecular formula is C12H12N4. The van der Waals surface area contributed by atoms with Crippen LogP contribution in [-0.2, 0) is 13.1 Å². The number of nitrogens with zero attached hydrogens (tertiary/aromatic N) is 3. The third-order valence-corrected chi connectivity index (χ3v) is 2.24. The minimum absolute atomic E-state index is 0.418. The first-order valence-corrected chi connectivity index (χ1v) is 4.97. The van der Waals surface area contributed by atoms with Crippen molar-refractivity contribution in [2.75, 3.05) is 0 Å². The summed E-state index contributed by atoms with van der Waals surface area (Å²) in [6.45, 7) is 0.848. The summed E-state index contributed by atoms with van der Waals surface area (Å²) in [5, 5.41) is 4.37. The van der Waals surface area contributed by atoms with Crippen LogP contribution in [0.2, 0.25) is 0 Å². The van der Waals surface area contributed by atoms with Gasteiger partial charge in [-0.15, -0.1) is 6.42 Å². The normalized spacial score (nSPS) is 10.0. The fourth-order valence-corrected chi connectivity index (χ4v) is 1.48. The number of hydrogen-bond acceptors (Lipinski definition) is 3. The highest BCUT2D eigenvalue weighted by molar-refractivity contribution is 5.53. The molecule has 0 atom stereocenters. The van der Waals surface area contributed by atoms with E-state index >= 15 is 0 Å². The number of pyridine rings is 1. The van der Waals surface area contributed by atoms with Crippen LogP contribution in [0.15, 0.2) is 30.5 Å². The zero-order chi connectivity index (χ0) is 11.4. The number of rotatable bonds is 3. The van der Waals surface area contributed by atoms with Crippen molar-refractivity contribution in [1.29, 1.82) is 0 Å². The first-order valence-electron chi connectivity index (χ1n) is 4.97. The predicted molar refractivity (Wildman–Crippen MR) is 62.2 cm³/mol. The lowest BCUT2D eigenvalue weighted by Gasteiger charge is -1.98. The Morgan fingerprint density at radius 2 is 2.25 bits per heavy atom. The summed E-state index contributed by atoms with van der Waals surface area (Å²) in [5.74, 6) is 2.55. The number of terminal acetylenes is 1. The Hall–Kier alpha value is -2.12. The monoisotopic (exact) mass is 212 g/mol. The van der Waals surface area contributed by atoms with Crippen molar-refractivity contribution < 1.29 is 0 Å². The molecule has 0 unspecified atom stereocenters. The van der Waals surface area contributed by atoms with Crippen LogP contribution in [0.5, 0.6) is 0 Å². The van der Waals surface area contributed by atoms with Gasteiger partial charge < -0.3 is 5.73 Å². The van der Waals surface area contributed by atoms with Gasteiger partial charge in [-0.1, -0.05) is 12.0 Å². The maximum Gasteiger partial charge on any atom is 0.111 e.